The highest BCUT2D eigenvalue weighted by atomic mass is 79.9. The molecule has 43 heavy (non-hydrogen) atoms. The lowest BCUT2D eigenvalue weighted by Crippen LogP contribution is -2.27. The minimum absolute atomic E-state index is 0.647. The Labute approximate surface area is 287 Å². The van der Waals surface area contributed by atoms with Crippen molar-refractivity contribution < 1.29 is 0 Å². The fourth-order valence-electron chi connectivity index (χ4n) is 6.66. The SMILES string of the molecule is BrCCCCCCCCCCCCCCCCCCCCCCCC(CCCCCCCCCCCCBr)C1=[N+]C=CN1. The summed E-state index contributed by atoms with van der Waals surface area (Å²) >= 11 is 7.06. The van der Waals surface area contributed by atoms with Crippen LogP contribution in [0.1, 0.15) is 212 Å². The number of alkyl halides is 2. The highest BCUT2D eigenvalue weighted by molar-refractivity contribution is 9.09. The average Bonchev–Trinajstić information content (AvgIpc) is 3.56. The number of hydrogen-bond donors (Lipinski definition) is 1. The number of amidine groups is 1. The number of aliphatic imine (C=N–C) groups is 1. The second-order valence-corrected chi connectivity index (χ2v) is 15.2. The van der Waals surface area contributed by atoms with E-state index in [2.05, 4.69) is 42.2 Å². The predicted molar refractivity (Wildman–Crippen MR) is 203 cm³/mol. The first-order chi connectivity index (χ1) is 21.4. The highest BCUT2D eigenvalue weighted by Crippen LogP contribution is 2.21. The number of rotatable bonds is 36. The molecule has 4 heteroatoms. The highest BCUT2D eigenvalue weighted by Gasteiger charge is 2.24. The molecule has 1 rings (SSSR count). The summed E-state index contributed by atoms with van der Waals surface area (Å²) in [7, 11) is 0. The lowest BCUT2D eigenvalue weighted by molar-refractivity contribution is 0.473. The van der Waals surface area contributed by atoms with Crippen LogP contribution in [0.2, 0.25) is 0 Å². The summed E-state index contributed by atoms with van der Waals surface area (Å²) in [6.07, 6.45) is 51.1. The first kappa shape index (κ1) is 41.2. The van der Waals surface area contributed by atoms with Crippen molar-refractivity contribution in [2.75, 3.05) is 10.7 Å². The normalized spacial score (nSPS) is 13.5. The molecule has 1 unspecified atom stereocenters. The Morgan fingerprint density at radius 2 is 0.651 bits per heavy atom. The maximum atomic E-state index is 4.63. The molecule has 1 N–H and O–H groups in total. The van der Waals surface area contributed by atoms with E-state index in [1.165, 1.54) is 228 Å². The quantitative estimate of drug-likeness (QED) is 0.0504. The Kier molecular flexibility index (Phi) is 33.6. The molecular formula is C39H74Br2N2+. The van der Waals surface area contributed by atoms with Gasteiger partial charge in [0, 0.05) is 10.7 Å². The van der Waals surface area contributed by atoms with Crippen LogP contribution in [0.5, 0.6) is 0 Å². The molecule has 0 amide bonds. The summed E-state index contributed by atoms with van der Waals surface area (Å²) in [4.78, 5) is 4.63. The van der Waals surface area contributed by atoms with Gasteiger partial charge in [-0.15, -0.1) is 0 Å². The van der Waals surface area contributed by atoms with Gasteiger partial charge in [-0.05, 0) is 25.7 Å². The molecule has 0 saturated heterocycles. The van der Waals surface area contributed by atoms with Crippen LogP contribution in [0.15, 0.2) is 12.4 Å². The average molecular weight is 731 g/mol. The fourth-order valence-corrected chi connectivity index (χ4v) is 7.45. The van der Waals surface area contributed by atoms with Gasteiger partial charge in [-0.3, -0.25) is 0 Å². The van der Waals surface area contributed by atoms with Gasteiger partial charge in [-0.2, -0.15) is 0 Å². The number of unbranched alkanes of at least 4 members (excludes halogenated alkanes) is 29. The molecule has 253 valence electrons. The van der Waals surface area contributed by atoms with Crippen LogP contribution in [-0.4, -0.2) is 16.5 Å². The Hall–Kier alpha value is 0.170. The van der Waals surface area contributed by atoms with Gasteiger partial charge in [0.2, 0.25) is 0 Å². The van der Waals surface area contributed by atoms with Gasteiger partial charge in [0.25, 0.3) is 5.84 Å². The Balaban J connectivity index is 1.84. The molecule has 0 aliphatic carbocycles. The minimum atomic E-state index is 0.647. The third-order valence-corrected chi connectivity index (χ3v) is 10.6. The van der Waals surface area contributed by atoms with Crippen molar-refractivity contribution in [1.82, 2.24) is 10.3 Å². The van der Waals surface area contributed by atoms with E-state index in [9.17, 15) is 0 Å². The van der Waals surface area contributed by atoms with Gasteiger partial charge in [0.05, 0.1) is 5.92 Å². The van der Waals surface area contributed by atoms with Crippen LogP contribution in [-0.2, 0) is 0 Å². The molecule has 1 heterocycles. The largest absolute Gasteiger partial charge is 0.299 e. The Morgan fingerprint density at radius 3 is 0.884 bits per heavy atom. The lowest BCUT2D eigenvalue weighted by atomic mass is 9.93. The van der Waals surface area contributed by atoms with Crippen LogP contribution in [0.3, 0.4) is 0 Å². The van der Waals surface area contributed by atoms with Crippen LogP contribution in [0, 0.1) is 5.92 Å². The van der Waals surface area contributed by atoms with Crippen LogP contribution < -0.4 is 10.3 Å². The van der Waals surface area contributed by atoms with Crippen molar-refractivity contribution in [1.29, 1.82) is 0 Å². The minimum Gasteiger partial charge on any atom is -0.244 e. The fraction of sp³-hybridized carbons (Fsp3) is 0.923. The molecule has 0 spiro atoms. The topological polar surface area (TPSA) is 26.1 Å². The molecular weight excluding hydrogens is 656 g/mol. The third kappa shape index (κ3) is 29.3. The molecule has 0 fully saturated rings. The van der Waals surface area contributed by atoms with E-state index in [4.69, 9.17) is 0 Å². The van der Waals surface area contributed by atoms with Crippen molar-refractivity contribution >= 4 is 37.7 Å². The van der Waals surface area contributed by atoms with E-state index >= 15 is 0 Å². The monoisotopic (exact) mass is 728 g/mol. The molecule has 0 aromatic heterocycles. The van der Waals surface area contributed by atoms with E-state index in [0.717, 1.165) is 0 Å². The second-order valence-electron chi connectivity index (χ2n) is 13.6. The van der Waals surface area contributed by atoms with Crippen LogP contribution in [0.25, 0.3) is 0 Å². The maximum absolute atomic E-state index is 4.63. The standard InChI is InChI=1S/C39H74Br2N2/c40-34-30-26-22-18-14-11-9-7-5-3-1-2-4-6-8-10-12-16-20-24-28-32-38(39-42-36-37-43-39)33-29-25-21-17-13-15-19-23-27-31-35-41/h36-38,42H,1-35H2/q+1. The van der Waals surface area contributed by atoms with Crippen molar-refractivity contribution in [2.24, 2.45) is 5.92 Å². The van der Waals surface area contributed by atoms with Gasteiger partial charge in [-0.1, -0.05) is 223 Å². The maximum Gasteiger partial charge on any atom is 0.299 e. The summed E-state index contributed by atoms with van der Waals surface area (Å²) in [5, 5.41) is 5.78. The van der Waals surface area contributed by atoms with Crippen molar-refractivity contribution in [3.8, 4) is 0 Å². The molecule has 0 aromatic carbocycles. The number of nitrogens with zero attached hydrogens (tertiary/aromatic N) is 1. The van der Waals surface area contributed by atoms with Gasteiger partial charge >= 0.3 is 0 Å². The Bertz CT molecular complexity index is 606. The molecule has 0 saturated carbocycles. The summed E-state index contributed by atoms with van der Waals surface area (Å²) < 4.78 is 0. The molecule has 1 aliphatic rings. The summed E-state index contributed by atoms with van der Waals surface area (Å²) in [5.74, 6) is 1.89. The van der Waals surface area contributed by atoms with E-state index in [1.807, 2.05) is 12.4 Å². The van der Waals surface area contributed by atoms with Gasteiger partial charge in [0.1, 0.15) is 6.20 Å². The Morgan fingerprint density at radius 1 is 0.395 bits per heavy atom. The van der Waals surface area contributed by atoms with E-state index in [-0.39, 0.29) is 0 Å². The van der Waals surface area contributed by atoms with Crippen LogP contribution in [0.4, 0.5) is 0 Å². The zero-order valence-electron chi connectivity index (χ0n) is 28.7. The molecule has 0 bridgehead atoms. The van der Waals surface area contributed by atoms with Crippen molar-refractivity contribution in [2.45, 2.75) is 212 Å². The molecule has 1 radical (unpaired) electrons. The molecule has 2 nitrogen and oxygen atoms in total. The van der Waals surface area contributed by atoms with Gasteiger partial charge in [-0.25, -0.2) is 5.32 Å². The summed E-state index contributed by atoms with van der Waals surface area (Å²) in [6, 6.07) is 0. The molecule has 0 aromatic rings. The first-order valence-corrected chi connectivity index (χ1v) is 21.7. The molecule has 1 atom stereocenters. The van der Waals surface area contributed by atoms with Crippen molar-refractivity contribution in [3.63, 3.8) is 0 Å². The number of nitrogens with one attached hydrogen (secondary N) is 1. The first-order valence-electron chi connectivity index (χ1n) is 19.5. The zero-order chi connectivity index (χ0) is 30.7. The van der Waals surface area contributed by atoms with Crippen molar-refractivity contribution in [3.05, 3.63) is 12.4 Å². The molecule has 1 aliphatic heterocycles. The smallest absolute Gasteiger partial charge is 0.244 e. The van der Waals surface area contributed by atoms with E-state index in [0.29, 0.717) is 5.92 Å². The summed E-state index contributed by atoms with van der Waals surface area (Å²) in [5.41, 5.74) is 0. The van der Waals surface area contributed by atoms with Gasteiger partial charge < -0.3 is 0 Å². The zero-order valence-corrected chi connectivity index (χ0v) is 31.9. The predicted octanol–water partition coefficient (Wildman–Crippen LogP) is 14.1. The van der Waals surface area contributed by atoms with E-state index < -0.39 is 0 Å². The van der Waals surface area contributed by atoms with Gasteiger partial charge in [0.15, 0.2) is 6.20 Å². The number of halogens is 2. The van der Waals surface area contributed by atoms with Crippen LogP contribution >= 0.6 is 31.9 Å². The number of hydrogen-bond acceptors (Lipinski definition) is 2. The summed E-state index contributed by atoms with van der Waals surface area (Å²) in [6.45, 7) is 0. The lowest BCUT2D eigenvalue weighted by Gasteiger charge is -2.12. The second kappa shape index (κ2) is 35.0. The third-order valence-electron chi connectivity index (χ3n) is 9.53. The van der Waals surface area contributed by atoms with E-state index in [1.54, 1.807) is 0 Å².